The molecule has 0 bridgehead atoms. The quantitative estimate of drug-likeness (QED) is 0.0886. The van der Waals surface area contributed by atoms with Crippen molar-refractivity contribution < 1.29 is 28.9 Å². The van der Waals surface area contributed by atoms with Crippen LogP contribution in [0, 0.1) is 24.7 Å². The minimum Gasteiger partial charge on any atom is -0.508 e. The molecule has 0 saturated heterocycles. The lowest BCUT2D eigenvalue weighted by molar-refractivity contribution is -0.156. The van der Waals surface area contributed by atoms with Crippen LogP contribution in [0.15, 0.2) is 42.5 Å². The van der Waals surface area contributed by atoms with Crippen molar-refractivity contribution in [1.82, 2.24) is 0 Å². The van der Waals surface area contributed by atoms with Crippen molar-refractivity contribution >= 4 is 11.9 Å². The highest BCUT2D eigenvalue weighted by Crippen LogP contribution is 2.52. The highest BCUT2D eigenvalue weighted by molar-refractivity contribution is 6.31. The van der Waals surface area contributed by atoms with Gasteiger partial charge in [-0.2, -0.15) is 0 Å². The topological polar surface area (TPSA) is 82.1 Å². The Balaban J connectivity index is 1.51. The molecular weight excluding hydrogens is 624 g/mol. The third kappa shape index (κ3) is 8.38. The summed E-state index contributed by atoms with van der Waals surface area (Å²) < 4.78 is 18.6. The molecule has 3 atom stereocenters. The molecule has 3 aromatic rings. The average molecular weight is 683 g/mol. The summed E-state index contributed by atoms with van der Waals surface area (Å²) in [6, 6.07) is 13.8. The van der Waals surface area contributed by atoms with Crippen LogP contribution in [0.2, 0.25) is 0 Å². The fourth-order valence-electron chi connectivity index (χ4n) is 8.18. The fourth-order valence-corrected chi connectivity index (χ4v) is 8.18. The van der Waals surface area contributed by atoms with Gasteiger partial charge in [-0.05, 0) is 124 Å². The van der Waals surface area contributed by atoms with Crippen molar-refractivity contribution in [3.05, 3.63) is 70.3 Å². The Hall–Kier alpha value is -3.80. The van der Waals surface area contributed by atoms with Crippen molar-refractivity contribution in [2.24, 2.45) is 17.8 Å². The molecule has 1 aliphatic heterocycles. The van der Waals surface area contributed by atoms with Gasteiger partial charge in [-0.1, -0.05) is 90.5 Å². The van der Waals surface area contributed by atoms with Crippen molar-refractivity contribution in [1.29, 1.82) is 0 Å². The molecule has 5 rings (SSSR count). The van der Waals surface area contributed by atoms with Gasteiger partial charge in [-0.3, -0.25) is 0 Å². The van der Waals surface area contributed by atoms with E-state index >= 15 is 0 Å². The first-order valence-electron chi connectivity index (χ1n) is 19.1. The van der Waals surface area contributed by atoms with Crippen LogP contribution in [0.5, 0.6) is 23.0 Å². The number of hydrogen-bond acceptors (Lipinski definition) is 6. The molecule has 1 aliphatic carbocycles. The van der Waals surface area contributed by atoms with Gasteiger partial charge >= 0.3 is 11.9 Å². The molecular formula is C44H58O6. The zero-order valence-electron chi connectivity index (χ0n) is 31.6. The van der Waals surface area contributed by atoms with Crippen LogP contribution >= 0.6 is 0 Å². The van der Waals surface area contributed by atoms with Crippen LogP contribution in [0.3, 0.4) is 0 Å². The standard InChI is InChI=1S/C44H58O6/c1-9-11-13-15-30-23-36(45)40(33-21-28(5)17-19-32(33)27(3)4)37(24-30)48-42(46)43(47)49-38-25-31(16-14-12-10-2)26-39-41(38)34-22-29(6)18-20-35(34)44(7,8)50-39/h18,20,22-28,32-33,45H,9-17,19,21H2,1-8H3/t28-,32-,33+/m0/s1. The molecule has 1 saturated carbocycles. The van der Waals surface area contributed by atoms with E-state index in [-0.39, 0.29) is 23.2 Å². The number of phenolic OH excluding ortho intramolecular Hbond substituents is 1. The van der Waals surface area contributed by atoms with Crippen LogP contribution in [0.25, 0.3) is 11.1 Å². The third-order valence-corrected chi connectivity index (χ3v) is 10.9. The summed E-state index contributed by atoms with van der Waals surface area (Å²) in [7, 11) is 0. The summed E-state index contributed by atoms with van der Waals surface area (Å²) in [6.07, 6.45) is 10.8. The number of aromatic hydroxyl groups is 1. The van der Waals surface area contributed by atoms with Crippen molar-refractivity contribution in [3.8, 4) is 34.1 Å². The Labute approximate surface area is 299 Å². The van der Waals surface area contributed by atoms with Gasteiger partial charge < -0.3 is 19.3 Å². The van der Waals surface area contributed by atoms with Crippen molar-refractivity contribution in [3.63, 3.8) is 0 Å². The lowest BCUT2D eigenvalue weighted by atomic mass is 9.67. The highest BCUT2D eigenvalue weighted by Gasteiger charge is 2.38. The van der Waals surface area contributed by atoms with Crippen molar-refractivity contribution in [2.45, 2.75) is 138 Å². The lowest BCUT2D eigenvalue weighted by Crippen LogP contribution is -2.31. The lowest BCUT2D eigenvalue weighted by Gasteiger charge is -2.38. The molecule has 6 nitrogen and oxygen atoms in total. The zero-order chi connectivity index (χ0) is 36.2. The molecule has 2 aliphatic rings. The number of carbonyl (C=O) groups is 2. The van der Waals surface area contributed by atoms with Gasteiger partial charge in [0, 0.05) is 11.1 Å². The Morgan fingerprint density at radius 1 is 0.880 bits per heavy atom. The van der Waals surface area contributed by atoms with Gasteiger partial charge in [0.25, 0.3) is 0 Å². The van der Waals surface area contributed by atoms with E-state index in [9.17, 15) is 14.7 Å². The number of aryl methyl sites for hydroxylation is 3. The van der Waals surface area contributed by atoms with Gasteiger partial charge in [0.2, 0.25) is 0 Å². The van der Waals surface area contributed by atoms with E-state index in [1.807, 2.05) is 45.0 Å². The smallest absolute Gasteiger partial charge is 0.423 e. The first-order valence-corrected chi connectivity index (χ1v) is 19.1. The number of fused-ring (bicyclic) bond motifs is 3. The predicted molar refractivity (Wildman–Crippen MR) is 200 cm³/mol. The summed E-state index contributed by atoms with van der Waals surface area (Å²) in [6.45, 7) is 17.1. The number of unbranched alkanes of at least 4 members (excludes halogenated alkanes) is 4. The second kappa shape index (κ2) is 16.0. The summed E-state index contributed by atoms with van der Waals surface area (Å²) >= 11 is 0. The minimum absolute atomic E-state index is 0.00864. The molecule has 1 fully saturated rings. The number of ether oxygens (including phenoxy) is 3. The van der Waals surface area contributed by atoms with Crippen LogP contribution in [0.1, 0.15) is 140 Å². The second-order valence-corrected chi connectivity index (χ2v) is 15.8. The normalized spacial score (nSPS) is 19.3. The molecule has 0 unspecified atom stereocenters. The SMILES string of the molecule is CCCCCc1cc(OC(=O)C(=O)Oc2cc(CCCCC)cc(O)c2[C@@H]2C[C@@H](C)CC[C@H]2C(C)C)c2c(c1)OC(C)(C)c1ccc(C)cc1-2. The number of phenols is 1. The number of esters is 2. The predicted octanol–water partition coefficient (Wildman–Crippen LogP) is 11.1. The van der Waals surface area contributed by atoms with E-state index in [1.54, 1.807) is 0 Å². The number of hydrogen-bond donors (Lipinski definition) is 1. The monoisotopic (exact) mass is 682 g/mol. The van der Waals surface area contributed by atoms with E-state index in [0.717, 1.165) is 98.4 Å². The maximum Gasteiger partial charge on any atom is 0.423 e. The number of rotatable bonds is 12. The molecule has 0 aromatic heterocycles. The molecule has 0 spiro atoms. The van der Waals surface area contributed by atoms with Gasteiger partial charge in [0.15, 0.2) is 0 Å². The Kier molecular flexibility index (Phi) is 12.0. The third-order valence-electron chi connectivity index (χ3n) is 10.9. The number of carbonyl (C=O) groups excluding carboxylic acids is 2. The Morgan fingerprint density at radius 3 is 2.14 bits per heavy atom. The molecule has 270 valence electrons. The molecule has 0 radical (unpaired) electrons. The van der Waals surface area contributed by atoms with Crippen LogP contribution in [0.4, 0.5) is 0 Å². The van der Waals surface area contributed by atoms with Crippen LogP contribution < -0.4 is 14.2 Å². The molecule has 1 N–H and O–H groups in total. The van der Waals surface area contributed by atoms with E-state index in [4.69, 9.17) is 14.2 Å². The van der Waals surface area contributed by atoms with Gasteiger partial charge in [-0.15, -0.1) is 0 Å². The largest absolute Gasteiger partial charge is 0.508 e. The second-order valence-electron chi connectivity index (χ2n) is 15.8. The molecule has 6 heteroatoms. The molecule has 1 heterocycles. The highest BCUT2D eigenvalue weighted by atomic mass is 16.6. The summed E-state index contributed by atoms with van der Waals surface area (Å²) in [5.74, 6) is 0.318. The van der Waals surface area contributed by atoms with Gasteiger partial charge in [0.1, 0.15) is 28.6 Å². The summed E-state index contributed by atoms with van der Waals surface area (Å²) in [4.78, 5) is 27.5. The average Bonchev–Trinajstić information content (AvgIpc) is 3.04. The first kappa shape index (κ1) is 37.5. The molecule has 0 amide bonds. The number of benzene rings is 3. The van der Waals surface area contributed by atoms with E-state index in [2.05, 4.69) is 52.8 Å². The van der Waals surface area contributed by atoms with E-state index in [1.165, 1.54) is 0 Å². The maximum atomic E-state index is 13.8. The van der Waals surface area contributed by atoms with Crippen LogP contribution in [-0.2, 0) is 28.0 Å². The molecule has 3 aromatic carbocycles. The summed E-state index contributed by atoms with van der Waals surface area (Å²) in [5, 5.41) is 11.5. The maximum absolute atomic E-state index is 13.8. The first-order chi connectivity index (χ1) is 23.8. The van der Waals surface area contributed by atoms with Crippen molar-refractivity contribution in [2.75, 3.05) is 0 Å². The Bertz CT molecular complexity index is 1680. The summed E-state index contributed by atoms with van der Waals surface area (Å²) in [5.41, 5.74) is 5.55. The van der Waals surface area contributed by atoms with Gasteiger partial charge in [0.05, 0.1) is 5.56 Å². The van der Waals surface area contributed by atoms with Crippen LogP contribution in [-0.4, -0.2) is 17.0 Å². The molecule has 50 heavy (non-hydrogen) atoms. The zero-order valence-corrected chi connectivity index (χ0v) is 31.6. The van der Waals surface area contributed by atoms with Gasteiger partial charge in [-0.25, -0.2) is 9.59 Å². The minimum atomic E-state index is -1.10. The van der Waals surface area contributed by atoms with E-state index in [0.29, 0.717) is 34.6 Å². The Morgan fingerprint density at radius 2 is 1.50 bits per heavy atom. The fraction of sp³-hybridized carbons (Fsp3) is 0.545. The van der Waals surface area contributed by atoms with E-state index < -0.39 is 17.5 Å².